The van der Waals surface area contributed by atoms with Crippen LogP contribution in [-0.4, -0.2) is 17.0 Å². The van der Waals surface area contributed by atoms with E-state index in [9.17, 15) is 0 Å². The Morgan fingerprint density at radius 1 is 1.73 bits per heavy atom. The monoisotopic (exact) mass is 172 g/mol. The Balaban J connectivity index is 2.44. The fourth-order valence-corrected chi connectivity index (χ4v) is 1.56. The van der Waals surface area contributed by atoms with Gasteiger partial charge in [0.25, 0.3) is 0 Å². The fourth-order valence-electron chi connectivity index (χ4n) is 0.733. The lowest BCUT2D eigenvalue weighted by Gasteiger charge is -2.01. The molecule has 0 aliphatic carbocycles. The molecule has 1 unspecified atom stereocenters. The normalized spacial score (nSPS) is 13.4. The second kappa shape index (κ2) is 3.83. The van der Waals surface area contributed by atoms with Gasteiger partial charge in [0.2, 0.25) is 0 Å². The highest BCUT2D eigenvalue weighted by molar-refractivity contribution is 7.99. The second-order valence-corrected chi connectivity index (χ2v) is 3.56. The van der Waals surface area contributed by atoms with Crippen LogP contribution >= 0.6 is 11.8 Å². The molecule has 2 nitrogen and oxygen atoms in total. The van der Waals surface area contributed by atoms with Crippen molar-refractivity contribution in [3.63, 3.8) is 0 Å². The molecule has 3 heteroatoms. The lowest BCUT2D eigenvalue weighted by atomic mass is 10.5. The number of thioether (sulfide) groups is 1. The van der Waals surface area contributed by atoms with Crippen LogP contribution in [0.25, 0.3) is 0 Å². The van der Waals surface area contributed by atoms with Crippen LogP contribution in [0.3, 0.4) is 0 Å². The van der Waals surface area contributed by atoms with Gasteiger partial charge in [-0.15, -0.1) is 11.8 Å². The summed E-state index contributed by atoms with van der Waals surface area (Å²) in [7, 11) is 0. The Labute approximate surface area is 70.6 Å². The molecule has 0 bridgehead atoms. The largest absolute Gasteiger partial charge is 0.468 e. The predicted octanol–water partition coefficient (Wildman–Crippen LogP) is 2.06. The molecule has 1 N–H and O–H groups in total. The van der Waals surface area contributed by atoms with Gasteiger partial charge in [-0.25, -0.2) is 0 Å². The molecule has 1 atom stereocenters. The minimum absolute atomic E-state index is 0.255. The second-order valence-electron chi connectivity index (χ2n) is 2.50. The SMILES string of the molecule is Cc1occc1SCC(C)O. The average Bonchev–Trinajstić information content (AvgIpc) is 2.31. The first-order valence-electron chi connectivity index (χ1n) is 3.55. The highest BCUT2D eigenvalue weighted by Crippen LogP contribution is 2.23. The number of aryl methyl sites for hydroxylation is 1. The smallest absolute Gasteiger partial charge is 0.114 e. The maximum atomic E-state index is 8.99. The summed E-state index contributed by atoms with van der Waals surface area (Å²) in [6.45, 7) is 3.70. The van der Waals surface area contributed by atoms with Gasteiger partial charge in [-0.05, 0) is 19.9 Å². The average molecular weight is 172 g/mol. The van der Waals surface area contributed by atoms with Gasteiger partial charge in [0, 0.05) is 10.6 Å². The van der Waals surface area contributed by atoms with Crippen molar-refractivity contribution in [2.24, 2.45) is 0 Å². The minimum atomic E-state index is -0.255. The summed E-state index contributed by atoms with van der Waals surface area (Å²) in [5.74, 6) is 1.65. The number of rotatable bonds is 3. The van der Waals surface area contributed by atoms with E-state index in [1.807, 2.05) is 13.0 Å². The number of hydrogen-bond acceptors (Lipinski definition) is 3. The van der Waals surface area contributed by atoms with Gasteiger partial charge in [0.15, 0.2) is 0 Å². The Hall–Kier alpha value is -0.410. The molecular weight excluding hydrogens is 160 g/mol. The van der Waals surface area contributed by atoms with Crippen LogP contribution in [0.5, 0.6) is 0 Å². The molecular formula is C8H12O2S. The maximum Gasteiger partial charge on any atom is 0.114 e. The Morgan fingerprint density at radius 3 is 2.91 bits per heavy atom. The van der Waals surface area contributed by atoms with Crippen LogP contribution in [0.15, 0.2) is 21.6 Å². The van der Waals surface area contributed by atoms with E-state index in [4.69, 9.17) is 9.52 Å². The van der Waals surface area contributed by atoms with E-state index in [1.54, 1.807) is 24.9 Å². The van der Waals surface area contributed by atoms with E-state index >= 15 is 0 Å². The van der Waals surface area contributed by atoms with E-state index in [1.165, 1.54) is 0 Å². The van der Waals surface area contributed by atoms with E-state index < -0.39 is 0 Å². The molecule has 0 saturated heterocycles. The van der Waals surface area contributed by atoms with Gasteiger partial charge in [-0.3, -0.25) is 0 Å². The van der Waals surface area contributed by atoms with Crippen molar-refractivity contribution in [2.45, 2.75) is 24.8 Å². The lowest BCUT2D eigenvalue weighted by molar-refractivity contribution is 0.220. The summed E-state index contributed by atoms with van der Waals surface area (Å²) in [5, 5.41) is 8.99. The van der Waals surface area contributed by atoms with Crippen molar-refractivity contribution in [1.29, 1.82) is 0 Å². The summed E-state index contributed by atoms with van der Waals surface area (Å²) in [6, 6.07) is 1.92. The zero-order valence-corrected chi connectivity index (χ0v) is 7.52. The Bertz CT molecular complexity index is 218. The zero-order valence-electron chi connectivity index (χ0n) is 6.70. The van der Waals surface area contributed by atoms with Gasteiger partial charge in [0.1, 0.15) is 5.76 Å². The molecule has 0 aliphatic rings. The molecule has 11 heavy (non-hydrogen) atoms. The van der Waals surface area contributed by atoms with Gasteiger partial charge in [-0.1, -0.05) is 0 Å². The van der Waals surface area contributed by atoms with Gasteiger partial charge >= 0.3 is 0 Å². The molecule has 0 fully saturated rings. The number of aliphatic hydroxyl groups excluding tert-OH is 1. The van der Waals surface area contributed by atoms with Crippen LogP contribution in [0, 0.1) is 6.92 Å². The molecule has 0 aromatic carbocycles. The third kappa shape index (κ3) is 2.60. The van der Waals surface area contributed by atoms with Gasteiger partial charge < -0.3 is 9.52 Å². The van der Waals surface area contributed by atoms with Crippen molar-refractivity contribution in [3.8, 4) is 0 Å². The highest BCUT2D eigenvalue weighted by atomic mass is 32.2. The van der Waals surface area contributed by atoms with Crippen LogP contribution in [-0.2, 0) is 0 Å². The van der Waals surface area contributed by atoms with E-state index in [0.29, 0.717) is 0 Å². The van der Waals surface area contributed by atoms with Crippen molar-refractivity contribution >= 4 is 11.8 Å². The first-order valence-corrected chi connectivity index (χ1v) is 4.53. The molecule has 1 aromatic rings. The van der Waals surface area contributed by atoms with Gasteiger partial charge in [0.05, 0.1) is 12.4 Å². The number of furan rings is 1. The van der Waals surface area contributed by atoms with Gasteiger partial charge in [-0.2, -0.15) is 0 Å². The topological polar surface area (TPSA) is 33.4 Å². The standard InChI is InChI=1S/C8H12O2S/c1-6(9)5-11-8-3-4-10-7(8)2/h3-4,6,9H,5H2,1-2H3. The first-order chi connectivity index (χ1) is 5.20. The first kappa shape index (κ1) is 8.68. The molecule has 1 aromatic heterocycles. The van der Waals surface area contributed by atoms with E-state index in [-0.39, 0.29) is 6.10 Å². The van der Waals surface area contributed by atoms with Crippen molar-refractivity contribution in [3.05, 3.63) is 18.1 Å². The number of hydrogen-bond donors (Lipinski definition) is 1. The molecule has 0 aliphatic heterocycles. The molecule has 0 saturated carbocycles. The maximum absolute atomic E-state index is 8.99. The van der Waals surface area contributed by atoms with Crippen LogP contribution < -0.4 is 0 Å². The Kier molecular flexibility index (Phi) is 3.02. The third-order valence-electron chi connectivity index (χ3n) is 1.29. The van der Waals surface area contributed by atoms with E-state index in [0.717, 1.165) is 16.4 Å². The summed E-state index contributed by atoms with van der Waals surface area (Å²) in [5.41, 5.74) is 0. The van der Waals surface area contributed by atoms with Crippen molar-refractivity contribution in [1.82, 2.24) is 0 Å². The summed E-state index contributed by atoms with van der Waals surface area (Å²) in [4.78, 5) is 1.12. The van der Waals surface area contributed by atoms with Crippen LogP contribution in [0.1, 0.15) is 12.7 Å². The molecule has 0 spiro atoms. The highest BCUT2D eigenvalue weighted by Gasteiger charge is 2.02. The minimum Gasteiger partial charge on any atom is -0.468 e. The Morgan fingerprint density at radius 2 is 2.45 bits per heavy atom. The molecule has 1 heterocycles. The van der Waals surface area contributed by atoms with Crippen molar-refractivity contribution in [2.75, 3.05) is 5.75 Å². The molecule has 0 radical (unpaired) electrons. The quantitative estimate of drug-likeness (QED) is 0.708. The van der Waals surface area contributed by atoms with Crippen LogP contribution in [0.4, 0.5) is 0 Å². The number of aliphatic hydroxyl groups is 1. The third-order valence-corrected chi connectivity index (χ3v) is 2.67. The van der Waals surface area contributed by atoms with E-state index in [2.05, 4.69) is 0 Å². The van der Waals surface area contributed by atoms with Crippen LogP contribution in [0.2, 0.25) is 0 Å². The predicted molar refractivity (Wildman–Crippen MR) is 45.8 cm³/mol. The molecule has 62 valence electrons. The van der Waals surface area contributed by atoms with Crippen molar-refractivity contribution < 1.29 is 9.52 Å². The summed E-state index contributed by atoms with van der Waals surface area (Å²) >= 11 is 1.62. The lowest BCUT2D eigenvalue weighted by Crippen LogP contribution is -2.02. The fraction of sp³-hybridized carbons (Fsp3) is 0.500. The molecule has 1 rings (SSSR count). The summed E-state index contributed by atoms with van der Waals surface area (Å²) < 4.78 is 5.09. The zero-order chi connectivity index (χ0) is 8.27. The molecule has 0 amide bonds. The summed E-state index contributed by atoms with van der Waals surface area (Å²) in [6.07, 6.45) is 1.41.